The minimum absolute atomic E-state index is 0.114. The van der Waals surface area contributed by atoms with Crippen molar-refractivity contribution in [2.24, 2.45) is 12.2 Å². The van der Waals surface area contributed by atoms with E-state index in [1.807, 2.05) is 0 Å². The first-order valence-electron chi connectivity index (χ1n) is 11.6. The van der Waals surface area contributed by atoms with E-state index < -0.39 is 27.8 Å². The lowest BCUT2D eigenvalue weighted by molar-refractivity contribution is -0.137. The molecule has 2 aromatic carbocycles. The number of carbonyl (C=O) groups excluding carboxylic acids is 1. The van der Waals surface area contributed by atoms with Crippen LogP contribution >= 0.6 is 11.3 Å². The number of aryl methyl sites for hydroxylation is 2. The maximum Gasteiger partial charge on any atom is 0.416 e. The van der Waals surface area contributed by atoms with Gasteiger partial charge in [0.1, 0.15) is 6.07 Å². The number of thiazole rings is 1. The molecule has 4 aromatic rings. The molecule has 39 heavy (non-hydrogen) atoms. The molecule has 0 spiro atoms. The van der Waals surface area contributed by atoms with E-state index in [2.05, 4.69) is 11.1 Å². The molecule has 1 aliphatic heterocycles. The lowest BCUT2D eigenvalue weighted by Crippen LogP contribution is -2.49. The number of halogens is 3. The topological polar surface area (TPSA) is 125 Å². The Morgan fingerprint density at radius 1 is 1.13 bits per heavy atom. The second-order valence-electron chi connectivity index (χ2n) is 9.08. The lowest BCUT2D eigenvalue weighted by Gasteiger charge is -2.34. The number of hydrogen-bond acceptors (Lipinski definition) is 6. The minimum atomic E-state index is -4.58. The van der Waals surface area contributed by atoms with Gasteiger partial charge in [-0.15, -0.1) is 0 Å². The van der Waals surface area contributed by atoms with E-state index in [-0.39, 0.29) is 31.7 Å². The summed E-state index contributed by atoms with van der Waals surface area (Å²) in [5.74, 6) is 0. The number of sulfonamides is 1. The predicted molar refractivity (Wildman–Crippen MR) is 141 cm³/mol. The summed E-state index contributed by atoms with van der Waals surface area (Å²) >= 11 is 0.818. The molecule has 0 radical (unpaired) electrons. The summed E-state index contributed by atoms with van der Waals surface area (Å²) in [5.41, 5.74) is 1.11. The summed E-state index contributed by atoms with van der Waals surface area (Å²) in [4.78, 5) is 20.4. The molecule has 202 valence electrons. The van der Waals surface area contributed by atoms with Crippen LogP contribution in [0.4, 0.5) is 28.8 Å². The molecule has 0 unspecified atom stereocenters. The number of nitriles is 1. The van der Waals surface area contributed by atoms with E-state index >= 15 is 0 Å². The Morgan fingerprint density at radius 3 is 2.38 bits per heavy atom. The van der Waals surface area contributed by atoms with Crippen molar-refractivity contribution in [3.05, 3.63) is 59.4 Å². The van der Waals surface area contributed by atoms with Crippen molar-refractivity contribution in [2.45, 2.75) is 23.7 Å². The maximum absolute atomic E-state index is 13.7. The van der Waals surface area contributed by atoms with Gasteiger partial charge in [0.25, 0.3) is 0 Å². The van der Waals surface area contributed by atoms with E-state index in [0.717, 1.165) is 23.5 Å². The Morgan fingerprint density at radius 2 is 1.79 bits per heavy atom. The number of anilines is 2. The molecule has 0 saturated carbocycles. The van der Waals surface area contributed by atoms with Gasteiger partial charge in [-0.05, 0) is 48.7 Å². The van der Waals surface area contributed by atoms with Crippen LogP contribution in [0.15, 0.2) is 46.8 Å². The summed E-state index contributed by atoms with van der Waals surface area (Å²) in [6.07, 6.45) is -2.52. The lowest BCUT2D eigenvalue weighted by atomic mass is 9.96. The third-order valence-electron chi connectivity index (χ3n) is 6.48. The van der Waals surface area contributed by atoms with Crippen LogP contribution in [0.25, 0.3) is 22.0 Å². The number of aromatic nitrogens is 2. The van der Waals surface area contributed by atoms with Crippen molar-refractivity contribution in [1.29, 1.82) is 5.26 Å². The quantitative estimate of drug-likeness (QED) is 0.368. The number of alkyl halides is 3. The zero-order valence-corrected chi connectivity index (χ0v) is 22.3. The summed E-state index contributed by atoms with van der Waals surface area (Å²) in [6, 6.07) is 10.2. The van der Waals surface area contributed by atoms with Crippen molar-refractivity contribution in [3.63, 3.8) is 0 Å². The van der Waals surface area contributed by atoms with Crippen LogP contribution in [0.1, 0.15) is 23.2 Å². The minimum Gasteiger partial charge on any atom is -0.349 e. The highest BCUT2D eigenvalue weighted by Gasteiger charge is 2.33. The zero-order chi connectivity index (χ0) is 28.3. The molecule has 1 saturated heterocycles. The molecule has 0 atom stereocenters. The smallest absolute Gasteiger partial charge is 0.349 e. The standard InChI is InChI=1S/C25H21F3N6O3S2/c1-14-22(39(30,36)37)38-23(31-14)34-9-3-8-33(24(34)35)18-6-4-15(5-7-18)19-10-17(25(26,27)28)11-20-21(19)16(12-29)13-32(20)2/h4-7,10-11,13H,3,8-9H2,1-2H3,(H2,30,36,37). The van der Waals surface area contributed by atoms with Crippen LogP contribution in [-0.2, 0) is 23.2 Å². The van der Waals surface area contributed by atoms with Gasteiger partial charge in [-0.3, -0.25) is 9.80 Å². The second kappa shape index (κ2) is 9.37. The Bertz CT molecular complexity index is 1770. The largest absolute Gasteiger partial charge is 0.416 e. The summed E-state index contributed by atoms with van der Waals surface area (Å²) in [6.45, 7) is 2.21. The number of carbonyl (C=O) groups is 1. The fraction of sp³-hybridized carbons (Fsp3) is 0.240. The summed E-state index contributed by atoms with van der Waals surface area (Å²) < 4.78 is 66.1. The first kappa shape index (κ1) is 26.7. The highest BCUT2D eigenvalue weighted by Crippen LogP contribution is 2.40. The van der Waals surface area contributed by atoms with Gasteiger partial charge in [0.15, 0.2) is 9.34 Å². The highest BCUT2D eigenvalue weighted by molar-refractivity contribution is 7.91. The highest BCUT2D eigenvalue weighted by atomic mass is 32.2. The Labute approximate surface area is 225 Å². The van der Waals surface area contributed by atoms with E-state index in [9.17, 15) is 31.6 Å². The normalized spacial score (nSPS) is 14.7. The predicted octanol–water partition coefficient (Wildman–Crippen LogP) is 4.98. The van der Waals surface area contributed by atoms with Crippen LogP contribution in [-0.4, -0.2) is 37.1 Å². The number of urea groups is 1. The van der Waals surface area contributed by atoms with Crippen molar-refractivity contribution in [2.75, 3.05) is 22.9 Å². The third kappa shape index (κ3) is 4.73. The fourth-order valence-electron chi connectivity index (χ4n) is 4.70. The van der Waals surface area contributed by atoms with Gasteiger partial charge < -0.3 is 4.57 Å². The van der Waals surface area contributed by atoms with Crippen molar-refractivity contribution >= 4 is 49.1 Å². The van der Waals surface area contributed by atoms with E-state index in [1.54, 1.807) is 31.3 Å². The van der Waals surface area contributed by atoms with Gasteiger partial charge in [0.05, 0.1) is 22.3 Å². The number of rotatable bonds is 4. The summed E-state index contributed by atoms with van der Waals surface area (Å²) in [5, 5.41) is 15.5. The number of nitrogens with two attached hydrogens (primary N) is 1. The molecule has 3 heterocycles. The number of primary sulfonamides is 1. The van der Waals surface area contributed by atoms with E-state index in [4.69, 9.17) is 5.14 Å². The molecule has 2 amide bonds. The van der Waals surface area contributed by atoms with Gasteiger partial charge in [0.2, 0.25) is 10.0 Å². The van der Waals surface area contributed by atoms with Crippen molar-refractivity contribution in [1.82, 2.24) is 9.55 Å². The van der Waals surface area contributed by atoms with E-state index in [0.29, 0.717) is 36.1 Å². The number of benzene rings is 2. The molecule has 14 heteroatoms. The van der Waals surface area contributed by atoms with Crippen LogP contribution < -0.4 is 14.9 Å². The zero-order valence-electron chi connectivity index (χ0n) is 20.7. The molecule has 2 N–H and O–H groups in total. The van der Waals surface area contributed by atoms with Gasteiger partial charge >= 0.3 is 12.2 Å². The number of hydrogen-bond donors (Lipinski definition) is 1. The molecule has 0 bridgehead atoms. The van der Waals surface area contributed by atoms with E-state index in [1.165, 1.54) is 27.5 Å². The number of nitrogens with zero attached hydrogens (tertiary/aromatic N) is 5. The fourth-order valence-corrected chi connectivity index (χ4v) is 6.67. The summed E-state index contributed by atoms with van der Waals surface area (Å²) in [7, 11) is -2.40. The molecule has 0 aliphatic carbocycles. The Hall–Kier alpha value is -3.93. The van der Waals surface area contributed by atoms with Crippen LogP contribution in [0, 0.1) is 18.3 Å². The van der Waals surface area contributed by atoms with Crippen LogP contribution in [0.2, 0.25) is 0 Å². The molecule has 9 nitrogen and oxygen atoms in total. The van der Waals surface area contributed by atoms with Gasteiger partial charge in [-0.1, -0.05) is 23.5 Å². The molecule has 5 rings (SSSR count). The van der Waals surface area contributed by atoms with Gasteiger partial charge in [-0.2, -0.15) is 18.4 Å². The number of fused-ring (bicyclic) bond motifs is 1. The average Bonchev–Trinajstić information content (AvgIpc) is 3.43. The van der Waals surface area contributed by atoms with Gasteiger partial charge in [0, 0.05) is 37.4 Å². The third-order valence-corrected chi connectivity index (χ3v) is 9.22. The van der Waals surface area contributed by atoms with Crippen molar-refractivity contribution in [3.8, 4) is 17.2 Å². The monoisotopic (exact) mass is 574 g/mol. The SMILES string of the molecule is Cc1nc(N2CCCN(c3ccc(-c4cc(C(F)(F)F)cc5c4c(C#N)cn5C)cc3)C2=O)sc1S(N)(=O)=O. The van der Waals surface area contributed by atoms with Crippen LogP contribution in [0.3, 0.4) is 0 Å². The Balaban J connectivity index is 1.51. The number of amides is 2. The molecule has 1 fully saturated rings. The second-order valence-corrected chi connectivity index (χ2v) is 11.8. The molecule has 2 aromatic heterocycles. The first-order chi connectivity index (χ1) is 18.3. The van der Waals surface area contributed by atoms with Crippen molar-refractivity contribution < 1.29 is 26.4 Å². The molecular formula is C25H21F3N6O3S2. The van der Waals surface area contributed by atoms with Gasteiger partial charge in [-0.25, -0.2) is 23.3 Å². The molecular weight excluding hydrogens is 553 g/mol. The average molecular weight is 575 g/mol. The maximum atomic E-state index is 13.7. The van der Waals surface area contributed by atoms with Crippen LogP contribution in [0.5, 0.6) is 0 Å². The first-order valence-corrected chi connectivity index (χ1v) is 14.0. The Kier molecular flexibility index (Phi) is 6.41. The molecule has 1 aliphatic rings.